The zero-order valence-corrected chi connectivity index (χ0v) is 14.5. The number of carbonyl (C=O) groups is 2. The third-order valence-corrected chi connectivity index (χ3v) is 3.75. The number of benzene rings is 1. The number of carbonyl (C=O) groups excluding carboxylic acids is 2. The molecule has 0 bridgehead atoms. The molecular formula is C18H20N4O3. The first-order valence-corrected chi connectivity index (χ1v) is 7.88. The monoisotopic (exact) mass is 340 g/mol. The third-order valence-electron chi connectivity index (χ3n) is 3.75. The quantitative estimate of drug-likeness (QED) is 0.751. The molecule has 130 valence electrons. The fourth-order valence-electron chi connectivity index (χ4n) is 2.30. The van der Waals surface area contributed by atoms with Crippen LogP contribution in [0.4, 0.5) is 0 Å². The van der Waals surface area contributed by atoms with Crippen LogP contribution in [0.25, 0.3) is 5.69 Å². The highest BCUT2D eigenvalue weighted by Crippen LogP contribution is 2.13. The smallest absolute Gasteiger partial charge is 0.338 e. The number of likely N-dealkylation sites (N-methyl/N-ethyl adjacent to an activating group) is 1. The molecule has 0 aliphatic heterocycles. The van der Waals surface area contributed by atoms with E-state index in [1.54, 1.807) is 42.2 Å². The number of rotatable bonds is 6. The highest BCUT2D eigenvalue weighted by atomic mass is 16.5. The van der Waals surface area contributed by atoms with Crippen LogP contribution in [0.5, 0.6) is 0 Å². The summed E-state index contributed by atoms with van der Waals surface area (Å²) in [6.45, 7) is 3.75. The Kier molecular flexibility index (Phi) is 5.90. The van der Waals surface area contributed by atoms with E-state index in [2.05, 4.69) is 5.10 Å². The van der Waals surface area contributed by atoms with Gasteiger partial charge >= 0.3 is 5.97 Å². The molecule has 1 amide bonds. The van der Waals surface area contributed by atoms with Crippen LogP contribution in [0.2, 0.25) is 0 Å². The van der Waals surface area contributed by atoms with Gasteiger partial charge in [0.2, 0.25) is 0 Å². The van der Waals surface area contributed by atoms with E-state index in [0.717, 1.165) is 11.4 Å². The zero-order valence-electron chi connectivity index (χ0n) is 14.5. The minimum atomic E-state index is -0.913. The summed E-state index contributed by atoms with van der Waals surface area (Å²) in [7, 11) is 1.57. The maximum absolute atomic E-state index is 12.2. The number of aromatic nitrogens is 2. The number of nitriles is 1. The van der Waals surface area contributed by atoms with Gasteiger partial charge in [0.25, 0.3) is 5.91 Å². The molecule has 25 heavy (non-hydrogen) atoms. The lowest BCUT2D eigenvalue weighted by Crippen LogP contribution is -2.37. The Morgan fingerprint density at radius 1 is 1.32 bits per heavy atom. The van der Waals surface area contributed by atoms with Crippen LogP contribution < -0.4 is 0 Å². The van der Waals surface area contributed by atoms with Crippen LogP contribution in [0.3, 0.4) is 0 Å². The van der Waals surface area contributed by atoms with E-state index in [1.807, 2.05) is 19.1 Å². The van der Waals surface area contributed by atoms with Crippen molar-refractivity contribution in [1.29, 1.82) is 5.26 Å². The van der Waals surface area contributed by atoms with Gasteiger partial charge < -0.3 is 9.64 Å². The predicted octanol–water partition coefficient (Wildman–Crippen LogP) is 2.10. The van der Waals surface area contributed by atoms with Crippen LogP contribution in [0, 0.1) is 18.3 Å². The third kappa shape index (κ3) is 4.44. The van der Waals surface area contributed by atoms with Crippen molar-refractivity contribution in [3.05, 3.63) is 47.8 Å². The lowest BCUT2D eigenvalue weighted by molar-refractivity contribution is -0.138. The largest absolute Gasteiger partial charge is 0.449 e. The van der Waals surface area contributed by atoms with Gasteiger partial charge in [-0.15, -0.1) is 0 Å². The summed E-state index contributed by atoms with van der Waals surface area (Å²) >= 11 is 0. The molecule has 2 rings (SSSR count). The van der Waals surface area contributed by atoms with Crippen LogP contribution in [0.15, 0.2) is 36.5 Å². The van der Waals surface area contributed by atoms with Gasteiger partial charge in [-0.2, -0.15) is 10.4 Å². The van der Waals surface area contributed by atoms with Crippen LogP contribution >= 0.6 is 0 Å². The Bertz CT molecular complexity index is 789. The molecule has 1 heterocycles. The Hall–Kier alpha value is -3.14. The first kappa shape index (κ1) is 18.2. The van der Waals surface area contributed by atoms with Gasteiger partial charge in [0.05, 0.1) is 23.7 Å². The number of esters is 1. The van der Waals surface area contributed by atoms with E-state index in [1.165, 1.54) is 11.8 Å². The molecule has 0 N–H and O–H groups in total. The van der Waals surface area contributed by atoms with E-state index in [4.69, 9.17) is 10.00 Å². The molecule has 0 saturated heterocycles. The Morgan fingerprint density at radius 2 is 2.00 bits per heavy atom. The highest BCUT2D eigenvalue weighted by Gasteiger charge is 2.22. The fourth-order valence-corrected chi connectivity index (χ4v) is 2.30. The molecule has 0 spiro atoms. The molecule has 1 aromatic heterocycles. The Labute approximate surface area is 146 Å². The summed E-state index contributed by atoms with van der Waals surface area (Å²) in [6.07, 6.45) is 1.02. The number of ether oxygens (including phenoxy) is 1. The van der Waals surface area contributed by atoms with Crippen molar-refractivity contribution in [2.75, 3.05) is 13.6 Å². The number of nitrogens with zero attached hydrogens (tertiary/aromatic N) is 4. The molecule has 7 heteroatoms. The van der Waals surface area contributed by atoms with Crippen molar-refractivity contribution in [1.82, 2.24) is 14.7 Å². The molecule has 7 nitrogen and oxygen atoms in total. The van der Waals surface area contributed by atoms with E-state index in [-0.39, 0.29) is 12.3 Å². The van der Waals surface area contributed by atoms with Crippen molar-refractivity contribution in [3.63, 3.8) is 0 Å². The van der Waals surface area contributed by atoms with Gasteiger partial charge in [-0.3, -0.25) is 4.79 Å². The lowest BCUT2D eigenvalue weighted by atomic mass is 10.2. The molecule has 0 radical (unpaired) electrons. The molecular weight excluding hydrogens is 320 g/mol. The Balaban J connectivity index is 2.00. The van der Waals surface area contributed by atoms with Crippen LogP contribution in [0.1, 0.15) is 29.4 Å². The topological polar surface area (TPSA) is 88.2 Å². The first-order valence-electron chi connectivity index (χ1n) is 7.88. The standard InChI is InChI=1S/C18H20N4O3/c1-13-9-11-20-22(13)16-7-5-15(6-8-16)18(24)25-14(2)17(23)21(3)12-4-10-19/h5-9,11,14H,4,12H2,1-3H3/t14-/m0/s1. The normalized spacial score (nSPS) is 11.4. The van der Waals surface area contributed by atoms with Gasteiger partial charge in [-0.05, 0) is 44.2 Å². The average Bonchev–Trinajstić information content (AvgIpc) is 3.04. The summed E-state index contributed by atoms with van der Waals surface area (Å²) < 4.78 is 6.97. The minimum Gasteiger partial charge on any atom is -0.449 e. The average molecular weight is 340 g/mol. The van der Waals surface area contributed by atoms with Gasteiger partial charge in [0, 0.05) is 25.5 Å². The highest BCUT2D eigenvalue weighted by molar-refractivity contribution is 5.92. The maximum Gasteiger partial charge on any atom is 0.338 e. The fraction of sp³-hybridized carbons (Fsp3) is 0.333. The molecule has 0 fully saturated rings. The molecule has 0 aliphatic carbocycles. The minimum absolute atomic E-state index is 0.233. The lowest BCUT2D eigenvalue weighted by Gasteiger charge is -2.20. The number of amides is 1. The summed E-state index contributed by atoms with van der Waals surface area (Å²) in [4.78, 5) is 25.7. The van der Waals surface area contributed by atoms with E-state index in [9.17, 15) is 9.59 Å². The zero-order chi connectivity index (χ0) is 18.4. The molecule has 0 aliphatic rings. The second kappa shape index (κ2) is 8.11. The number of hydrogen-bond donors (Lipinski definition) is 0. The van der Waals surface area contributed by atoms with Gasteiger partial charge in [-0.25, -0.2) is 9.48 Å². The van der Waals surface area contributed by atoms with Crippen molar-refractivity contribution < 1.29 is 14.3 Å². The number of aryl methyl sites for hydroxylation is 1. The van der Waals surface area contributed by atoms with Gasteiger partial charge in [-0.1, -0.05) is 0 Å². The van der Waals surface area contributed by atoms with E-state index >= 15 is 0 Å². The van der Waals surface area contributed by atoms with E-state index < -0.39 is 12.1 Å². The van der Waals surface area contributed by atoms with Gasteiger partial charge in [0.15, 0.2) is 6.10 Å². The molecule has 0 saturated carbocycles. The summed E-state index contributed by atoms with van der Waals surface area (Å²) in [5, 5.41) is 12.8. The molecule has 1 aromatic carbocycles. The van der Waals surface area contributed by atoms with Crippen molar-refractivity contribution in [2.24, 2.45) is 0 Å². The molecule has 2 aromatic rings. The van der Waals surface area contributed by atoms with Crippen LogP contribution in [-0.4, -0.2) is 46.3 Å². The predicted molar refractivity (Wildman–Crippen MR) is 91.0 cm³/mol. The van der Waals surface area contributed by atoms with E-state index in [0.29, 0.717) is 12.1 Å². The molecule has 0 unspecified atom stereocenters. The summed E-state index contributed by atoms with van der Waals surface area (Å²) in [6, 6.07) is 10.7. The van der Waals surface area contributed by atoms with Crippen molar-refractivity contribution in [3.8, 4) is 11.8 Å². The first-order chi connectivity index (χ1) is 11.9. The second-order valence-electron chi connectivity index (χ2n) is 5.65. The second-order valence-corrected chi connectivity index (χ2v) is 5.65. The maximum atomic E-state index is 12.2. The van der Waals surface area contributed by atoms with Crippen LogP contribution in [-0.2, 0) is 9.53 Å². The van der Waals surface area contributed by atoms with Crippen molar-refractivity contribution >= 4 is 11.9 Å². The van der Waals surface area contributed by atoms with Gasteiger partial charge in [0.1, 0.15) is 0 Å². The Morgan fingerprint density at radius 3 is 2.56 bits per heavy atom. The summed E-state index contributed by atoms with van der Waals surface area (Å²) in [5.74, 6) is -0.911. The molecule has 1 atom stereocenters. The van der Waals surface area contributed by atoms with Crippen molar-refractivity contribution in [2.45, 2.75) is 26.4 Å². The summed E-state index contributed by atoms with van der Waals surface area (Å²) in [5.41, 5.74) is 2.17. The number of hydrogen-bond acceptors (Lipinski definition) is 5. The SMILES string of the molecule is Cc1ccnn1-c1ccc(C(=O)O[C@@H](C)C(=O)N(C)CCC#N)cc1.